The van der Waals surface area contributed by atoms with E-state index in [1.54, 1.807) is 0 Å². The Kier molecular flexibility index (Phi) is 4.12. The van der Waals surface area contributed by atoms with Crippen LogP contribution in [0.15, 0.2) is 0 Å². The number of β-amino-alcohol motifs (C(OH)–C–C–N with tert-alkyl or cyclic N) is 1. The Labute approximate surface area is 115 Å². The molecular formula is C12H18N2O6. The topological polar surface area (TPSA) is 107 Å². The van der Waals surface area contributed by atoms with Crippen LogP contribution in [0.1, 0.15) is 12.8 Å². The molecule has 3 atom stereocenters. The molecule has 0 bridgehead atoms. The van der Waals surface area contributed by atoms with E-state index in [0.29, 0.717) is 13.0 Å². The molecule has 0 spiro atoms. The molecule has 2 amide bonds. The van der Waals surface area contributed by atoms with E-state index in [9.17, 15) is 19.5 Å². The van der Waals surface area contributed by atoms with Gasteiger partial charge in [-0.1, -0.05) is 0 Å². The molecule has 112 valence electrons. The van der Waals surface area contributed by atoms with Crippen molar-refractivity contribution in [1.82, 2.24) is 9.80 Å². The minimum absolute atomic E-state index is 0.00912. The molecule has 0 aromatic rings. The Bertz CT molecular complexity index is 426. The van der Waals surface area contributed by atoms with Gasteiger partial charge in [0, 0.05) is 26.1 Å². The summed E-state index contributed by atoms with van der Waals surface area (Å²) in [6.07, 6.45) is -0.277. The summed E-state index contributed by atoms with van der Waals surface area (Å²) in [7, 11) is 1.30. The van der Waals surface area contributed by atoms with Gasteiger partial charge in [-0.2, -0.15) is 0 Å². The fourth-order valence-corrected chi connectivity index (χ4v) is 2.73. The molecule has 2 aliphatic rings. The average molecular weight is 286 g/mol. The highest BCUT2D eigenvalue weighted by Gasteiger charge is 2.42. The summed E-state index contributed by atoms with van der Waals surface area (Å²) < 4.78 is 4.64. The maximum absolute atomic E-state index is 12.3. The first-order valence-electron chi connectivity index (χ1n) is 6.48. The third-order valence-corrected chi connectivity index (χ3v) is 3.80. The van der Waals surface area contributed by atoms with Gasteiger partial charge in [-0.25, -0.2) is 9.59 Å². The zero-order valence-corrected chi connectivity index (χ0v) is 11.2. The Hall–Kier alpha value is -1.83. The zero-order valence-electron chi connectivity index (χ0n) is 11.2. The van der Waals surface area contributed by atoms with Crippen LogP contribution in [0.5, 0.6) is 0 Å². The van der Waals surface area contributed by atoms with Gasteiger partial charge in [0.1, 0.15) is 6.04 Å². The Balaban J connectivity index is 2.01. The summed E-state index contributed by atoms with van der Waals surface area (Å²) in [5, 5.41) is 18.6. The number of aliphatic hydroxyl groups is 1. The number of ether oxygens (including phenoxy) is 1. The van der Waals surface area contributed by atoms with Gasteiger partial charge in [0.15, 0.2) is 0 Å². The van der Waals surface area contributed by atoms with Crippen molar-refractivity contribution in [2.24, 2.45) is 5.92 Å². The van der Waals surface area contributed by atoms with Crippen molar-refractivity contribution in [3.63, 3.8) is 0 Å². The number of aliphatic carboxylic acids is 1. The van der Waals surface area contributed by atoms with Crippen molar-refractivity contribution in [2.45, 2.75) is 25.0 Å². The van der Waals surface area contributed by atoms with E-state index in [-0.39, 0.29) is 31.4 Å². The molecule has 2 heterocycles. The van der Waals surface area contributed by atoms with Crippen LogP contribution in [0.2, 0.25) is 0 Å². The number of carboxylic acid groups (broad SMARTS) is 1. The predicted molar refractivity (Wildman–Crippen MR) is 65.8 cm³/mol. The molecule has 0 aliphatic carbocycles. The Morgan fingerprint density at radius 3 is 2.55 bits per heavy atom. The maximum Gasteiger partial charge on any atom is 0.326 e. The van der Waals surface area contributed by atoms with E-state index in [0.717, 1.165) is 4.90 Å². The number of hydrogen-bond acceptors (Lipinski definition) is 5. The van der Waals surface area contributed by atoms with Crippen molar-refractivity contribution in [2.75, 3.05) is 26.7 Å². The summed E-state index contributed by atoms with van der Waals surface area (Å²) in [4.78, 5) is 37.4. The van der Waals surface area contributed by atoms with E-state index < -0.39 is 24.1 Å². The highest BCUT2D eigenvalue weighted by atomic mass is 16.5. The zero-order chi connectivity index (χ0) is 14.9. The van der Waals surface area contributed by atoms with Crippen molar-refractivity contribution in [1.29, 1.82) is 0 Å². The minimum atomic E-state index is -1.13. The number of carbonyl (C=O) groups excluding carboxylic acids is 2. The Morgan fingerprint density at radius 1 is 1.25 bits per heavy atom. The van der Waals surface area contributed by atoms with E-state index in [4.69, 9.17) is 5.11 Å². The van der Waals surface area contributed by atoms with Crippen LogP contribution in [0.4, 0.5) is 4.79 Å². The second-order valence-corrected chi connectivity index (χ2v) is 5.13. The maximum atomic E-state index is 12.3. The normalized spacial score (nSPS) is 29.6. The van der Waals surface area contributed by atoms with Gasteiger partial charge in [-0.15, -0.1) is 0 Å². The van der Waals surface area contributed by atoms with Crippen molar-refractivity contribution in [3.8, 4) is 0 Å². The number of urea groups is 1. The van der Waals surface area contributed by atoms with Crippen LogP contribution in [-0.4, -0.2) is 76.9 Å². The van der Waals surface area contributed by atoms with Gasteiger partial charge in [0.05, 0.1) is 19.1 Å². The summed E-state index contributed by atoms with van der Waals surface area (Å²) in [6, 6.07) is -1.45. The molecule has 8 nitrogen and oxygen atoms in total. The van der Waals surface area contributed by atoms with Crippen molar-refractivity contribution < 1.29 is 29.3 Å². The van der Waals surface area contributed by atoms with Crippen LogP contribution in [-0.2, 0) is 14.3 Å². The number of esters is 1. The molecule has 0 aromatic carbocycles. The Morgan fingerprint density at radius 2 is 1.95 bits per heavy atom. The van der Waals surface area contributed by atoms with Crippen LogP contribution < -0.4 is 0 Å². The second-order valence-electron chi connectivity index (χ2n) is 5.13. The molecule has 2 aliphatic heterocycles. The van der Waals surface area contributed by atoms with Crippen LogP contribution in [0.25, 0.3) is 0 Å². The smallest absolute Gasteiger partial charge is 0.326 e. The van der Waals surface area contributed by atoms with Crippen LogP contribution in [0, 0.1) is 5.92 Å². The lowest BCUT2D eigenvalue weighted by Gasteiger charge is -2.27. The predicted octanol–water partition coefficient (Wildman–Crippen LogP) is -0.879. The molecule has 0 aromatic heterocycles. The molecule has 0 saturated carbocycles. The van der Waals surface area contributed by atoms with E-state index >= 15 is 0 Å². The molecule has 2 unspecified atom stereocenters. The lowest BCUT2D eigenvalue weighted by molar-refractivity contribution is -0.145. The quantitative estimate of drug-likeness (QED) is 0.638. The molecular weight excluding hydrogens is 268 g/mol. The van der Waals surface area contributed by atoms with E-state index in [1.165, 1.54) is 12.0 Å². The van der Waals surface area contributed by atoms with Gasteiger partial charge in [-0.3, -0.25) is 4.79 Å². The van der Waals surface area contributed by atoms with Gasteiger partial charge >= 0.3 is 18.0 Å². The average Bonchev–Trinajstić information content (AvgIpc) is 3.03. The molecule has 8 heteroatoms. The van der Waals surface area contributed by atoms with Gasteiger partial charge < -0.3 is 24.7 Å². The monoisotopic (exact) mass is 286 g/mol. The van der Waals surface area contributed by atoms with Crippen molar-refractivity contribution in [3.05, 3.63) is 0 Å². The van der Waals surface area contributed by atoms with Gasteiger partial charge in [0.25, 0.3) is 0 Å². The molecule has 2 rings (SSSR count). The van der Waals surface area contributed by atoms with Crippen molar-refractivity contribution >= 4 is 18.0 Å². The lowest BCUT2D eigenvalue weighted by Crippen LogP contribution is -2.47. The highest BCUT2D eigenvalue weighted by molar-refractivity contribution is 5.84. The fraction of sp³-hybridized carbons (Fsp3) is 0.750. The summed E-state index contributed by atoms with van der Waals surface area (Å²) in [5.41, 5.74) is 0. The van der Waals surface area contributed by atoms with E-state index in [2.05, 4.69) is 4.74 Å². The minimum Gasteiger partial charge on any atom is -0.480 e. The third kappa shape index (κ3) is 2.69. The number of nitrogens with zero attached hydrogens (tertiary/aromatic N) is 2. The van der Waals surface area contributed by atoms with E-state index in [1.807, 2.05) is 0 Å². The number of aliphatic hydroxyl groups excluding tert-OH is 1. The fourth-order valence-electron chi connectivity index (χ4n) is 2.73. The number of carboxylic acids is 1. The van der Waals surface area contributed by atoms with Crippen LogP contribution in [0.3, 0.4) is 0 Å². The number of likely N-dealkylation sites (tertiary alicyclic amines) is 2. The largest absolute Gasteiger partial charge is 0.480 e. The summed E-state index contributed by atoms with van der Waals surface area (Å²) >= 11 is 0. The summed E-state index contributed by atoms with van der Waals surface area (Å²) in [6.45, 7) is 0.622. The molecule has 20 heavy (non-hydrogen) atoms. The highest BCUT2D eigenvalue weighted by Crippen LogP contribution is 2.24. The SMILES string of the molecule is COC(=O)C1CCN(C(=O)N2CC(O)C[C@H]2C(=O)O)C1. The molecule has 2 saturated heterocycles. The standard InChI is InChI=1S/C12H18N2O6/c1-20-11(18)7-2-3-13(5-7)12(19)14-6-8(15)4-9(14)10(16)17/h7-9,15H,2-6H2,1H3,(H,16,17)/t7?,8?,9-/m0/s1. The number of rotatable bonds is 2. The second kappa shape index (κ2) is 5.66. The first kappa shape index (κ1) is 14.6. The first-order chi connectivity index (χ1) is 9.43. The molecule has 2 fully saturated rings. The number of methoxy groups -OCH3 is 1. The molecule has 2 N–H and O–H groups in total. The number of hydrogen-bond donors (Lipinski definition) is 2. The lowest BCUT2D eigenvalue weighted by atomic mass is 10.1. The molecule has 0 radical (unpaired) electrons. The van der Waals surface area contributed by atoms with Gasteiger partial charge in [-0.05, 0) is 6.42 Å². The number of carbonyl (C=O) groups is 3. The first-order valence-corrected chi connectivity index (χ1v) is 6.48. The summed E-state index contributed by atoms with van der Waals surface area (Å²) in [5.74, 6) is -1.85. The third-order valence-electron chi connectivity index (χ3n) is 3.80. The van der Waals surface area contributed by atoms with Gasteiger partial charge in [0.2, 0.25) is 0 Å². The number of amides is 2. The van der Waals surface area contributed by atoms with Crippen LogP contribution >= 0.6 is 0 Å².